The highest BCUT2D eigenvalue weighted by Crippen LogP contribution is 2.30. The van der Waals surface area contributed by atoms with Gasteiger partial charge in [-0.1, -0.05) is 6.07 Å². The van der Waals surface area contributed by atoms with Crippen LogP contribution in [0, 0.1) is 20.8 Å². The van der Waals surface area contributed by atoms with Gasteiger partial charge in [0, 0.05) is 32.4 Å². The fourth-order valence-electron chi connectivity index (χ4n) is 4.07. The van der Waals surface area contributed by atoms with Crippen molar-refractivity contribution in [2.75, 3.05) is 33.3 Å². The standard InChI is InChI=1S/C22H25N5O6S/c1-14-17(13-24-27(14)18-7-5-6-8-23-18)21(28)25-9-11-26(12-10-25)34(30,31)20-16(3)33-15(2)19(20)22(29)32-4/h5-8,13H,9-12H2,1-4H3. The predicted molar refractivity (Wildman–Crippen MR) is 120 cm³/mol. The highest BCUT2D eigenvalue weighted by atomic mass is 32.2. The summed E-state index contributed by atoms with van der Waals surface area (Å²) in [6, 6.07) is 5.42. The number of esters is 1. The second-order valence-electron chi connectivity index (χ2n) is 7.85. The van der Waals surface area contributed by atoms with Crippen LogP contribution in [0.2, 0.25) is 0 Å². The van der Waals surface area contributed by atoms with Crippen LogP contribution in [0.4, 0.5) is 0 Å². The van der Waals surface area contributed by atoms with E-state index < -0.39 is 16.0 Å². The first-order chi connectivity index (χ1) is 16.2. The molecule has 0 N–H and O–H groups in total. The Balaban J connectivity index is 1.52. The molecule has 12 heteroatoms. The lowest BCUT2D eigenvalue weighted by Crippen LogP contribution is -2.50. The Morgan fingerprint density at radius 3 is 2.38 bits per heavy atom. The van der Waals surface area contributed by atoms with Crippen LogP contribution in [0.15, 0.2) is 39.9 Å². The number of carbonyl (C=O) groups is 2. The zero-order valence-electron chi connectivity index (χ0n) is 19.3. The van der Waals surface area contributed by atoms with Crippen LogP contribution in [0.1, 0.15) is 37.9 Å². The number of hydrogen-bond donors (Lipinski definition) is 0. The number of piperazine rings is 1. The smallest absolute Gasteiger partial charge is 0.342 e. The minimum Gasteiger partial charge on any atom is -0.465 e. The molecular formula is C22H25N5O6S. The molecule has 1 aliphatic rings. The molecule has 0 bridgehead atoms. The van der Waals surface area contributed by atoms with Crippen LogP contribution < -0.4 is 0 Å². The van der Waals surface area contributed by atoms with E-state index in [0.717, 1.165) is 0 Å². The van der Waals surface area contributed by atoms with Crippen LogP contribution >= 0.6 is 0 Å². The number of carbonyl (C=O) groups excluding carboxylic acids is 2. The molecule has 1 saturated heterocycles. The Kier molecular flexibility index (Phi) is 6.28. The number of rotatable bonds is 5. The summed E-state index contributed by atoms with van der Waals surface area (Å²) in [5, 5.41) is 4.29. The molecule has 0 aromatic carbocycles. The van der Waals surface area contributed by atoms with E-state index in [4.69, 9.17) is 9.15 Å². The van der Waals surface area contributed by atoms with Gasteiger partial charge in [-0.15, -0.1) is 0 Å². The third kappa shape index (κ3) is 3.99. The van der Waals surface area contributed by atoms with Crippen molar-refractivity contribution < 1.29 is 27.2 Å². The van der Waals surface area contributed by atoms with Crippen LogP contribution in [-0.4, -0.2) is 77.6 Å². The maximum absolute atomic E-state index is 13.4. The summed E-state index contributed by atoms with van der Waals surface area (Å²) in [4.78, 5) is 31.0. The normalized spacial score (nSPS) is 14.9. The molecule has 180 valence electrons. The lowest BCUT2D eigenvalue weighted by molar-refractivity contribution is 0.0594. The number of aromatic nitrogens is 3. The Labute approximate surface area is 197 Å². The van der Waals surface area contributed by atoms with Crippen molar-refractivity contribution in [2.45, 2.75) is 25.7 Å². The molecule has 0 aliphatic carbocycles. The maximum Gasteiger partial charge on any atom is 0.342 e. The number of aryl methyl sites for hydroxylation is 2. The van der Waals surface area contributed by atoms with E-state index in [2.05, 4.69) is 10.1 Å². The van der Waals surface area contributed by atoms with Crippen molar-refractivity contribution in [1.82, 2.24) is 24.0 Å². The Bertz CT molecular complexity index is 1340. The van der Waals surface area contributed by atoms with Crippen molar-refractivity contribution >= 4 is 21.9 Å². The molecule has 0 unspecified atom stereocenters. The monoisotopic (exact) mass is 487 g/mol. The number of amides is 1. The van der Waals surface area contributed by atoms with Crippen molar-refractivity contribution in [3.63, 3.8) is 0 Å². The van der Waals surface area contributed by atoms with Gasteiger partial charge in [-0.05, 0) is 32.9 Å². The molecule has 1 fully saturated rings. The molecule has 3 aromatic rings. The summed E-state index contributed by atoms with van der Waals surface area (Å²) in [5.74, 6) is -0.113. The lowest BCUT2D eigenvalue weighted by atomic mass is 10.2. The Morgan fingerprint density at radius 2 is 1.76 bits per heavy atom. The SMILES string of the molecule is COC(=O)c1c(C)oc(C)c1S(=O)(=O)N1CCN(C(=O)c2cnn(-c3ccccn3)c2C)CC1. The first kappa shape index (κ1) is 23.6. The van der Waals surface area contributed by atoms with E-state index >= 15 is 0 Å². The fraction of sp³-hybridized carbons (Fsp3) is 0.364. The van der Waals surface area contributed by atoms with E-state index in [-0.39, 0.29) is 54.1 Å². The molecule has 1 aliphatic heterocycles. The second kappa shape index (κ2) is 9.03. The van der Waals surface area contributed by atoms with Gasteiger partial charge in [0.15, 0.2) is 5.82 Å². The van der Waals surface area contributed by atoms with E-state index in [9.17, 15) is 18.0 Å². The molecule has 11 nitrogen and oxygen atoms in total. The Morgan fingerprint density at radius 1 is 1.06 bits per heavy atom. The highest BCUT2D eigenvalue weighted by molar-refractivity contribution is 7.89. The molecular weight excluding hydrogens is 462 g/mol. The van der Waals surface area contributed by atoms with Gasteiger partial charge >= 0.3 is 5.97 Å². The highest BCUT2D eigenvalue weighted by Gasteiger charge is 2.38. The van der Waals surface area contributed by atoms with Gasteiger partial charge in [0.05, 0.1) is 24.6 Å². The second-order valence-corrected chi connectivity index (χ2v) is 9.72. The fourth-order valence-corrected chi connectivity index (χ4v) is 5.86. The van der Waals surface area contributed by atoms with Crippen LogP contribution in [-0.2, 0) is 14.8 Å². The molecule has 3 aromatic heterocycles. The minimum atomic E-state index is -4.04. The first-order valence-electron chi connectivity index (χ1n) is 10.6. The number of pyridine rings is 1. The van der Waals surface area contributed by atoms with Gasteiger partial charge in [0.2, 0.25) is 10.0 Å². The average Bonchev–Trinajstić information content (AvgIpc) is 3.37. The van der Waals surface area contributed by atoms with Crippen LogP contribution in [0.25, 0.3) is 5.82 Å². The molecule has 0 atom stereocenters. The molecule has 0 spiro atoms. The largest absolute Gasteiger partial charge is 0.465 e. The molecule has 0 saturated carbocycles. The van der Waals surface area contributed by atoms with Crippen molar-refractivity contribution in [3.8, 4) is 5.82 Å². The van der Waals surface area contributed by atoms with E-state index in [1.54, 1.807) is 34.8 Å². The third-order valence-corrected chi connectivity index (χ3v) is 7.88. The summed E-state index contributed by atoms with van der Waals surface area (Å²) in [5.41, 5.74) is 0.971. The number of furan rings is 1. The summed E-state index contributed by atoms with van der Waals surface area (Å²) in [7, 11) is -2.85. The van der Waals surface area contributed by atoms with Gasteiger partial charge in [0.25, 0.3) is 5.91 Å². The van der Waals surface area contributed by atoms with Crippen LogP contribution in [0.3, 0.4) is 0 Å². The molecule has 4 rings (SSSR count). The number of methoxy groups -OCH3 is 1. The van der Waals surface area contributed by atoms with E-state index in [1.807, 2.05) is 6.07 Å². The third-order valence-electron chi connectivity index (χ3n) is 5.82. The average molecular weight is 488 g/mol. The van der Waals surface area contributed by atoms with Crippen LogP contribution in [0.5, 0.6) is 0 Å². The number of sulfonamides is 1. The topological polar surface area (TPSA) is 128 Å². The molecule has 34 heavy (non-hydrogen) atoms. The van der Waals surface area contributed by atoms with Gasteiger partial charge in [-0.2, -0.15) is 9.40 Å². The van der Waals surface area contributed by atoms with Gasteiger partial charge in [-0.3, -0.25) is 4.79 Å². The van der Waals surface area contributed by atoms with Gasteiger partial charge < -0.3 is 14.1 Å². The zero-order valence-corrected chi connectivity index (χ0v) is 20.1. The Hall–Kier alpha value is -3.51. The number of nitrogens with zero attached hydrogens (tertiary/aromatic N) is 5. The van der Waals surface area contributed by atoms with E-state index in [0.29, 0.717) is 17.1 Å². The summed E-state index contributed by atoms with van der Waals surface area (Å²) >= 11 is 0. The summed E-state index contributed by atoms with van der Waals surface area (Å²) < 4.78 is 39.7. The number of ether oxygens (including phenoxy) is 1. The summed E-state index contributed by atoms with van der Waals surface area (Å²) in [6.07, 6.45) is 3.14. The van der Waals surface area contributed by atoms with Crippen molar-refractivity contribution in [1.29, 1.82) is 0 Å². The molecule has 1 amide bonds. The molecule has 0 radical (unpaired) electrons. The predicted octanol–water partition coefficient (Wildman–Crippen LogP) is 1.72. The number of hydrogen-bond acceptors (Lipinski definition) is 8. The van der Waals surface area contributed by atoms with Crippen molar-refractivity contribution in [3.05, 3.63) is 58.9 Å². The van der Waals surface area contributed by atoms with Gasteiger partial charge in [-0.25, -0.2) is 22.9 Å². The minimum absolute atomic E-state index is 0.0752. The first-order valence-corrected chi connectivity index (χ1v) is 12.0. The summed E-state index contributed by atoms with van der Waals surface area (Å²) in [6.45, 7) is 5.33. The molecule has 4 heterocycles. The van der Waals surface area contributed by atoms with E-state index in [1.165, 1.54) is 31.5 Å². The van der Waals surface area contributed by atoms with Crippen molar-refractivity contribution in [2.24, 2.45) is 0 Å². The maximum atomic E-state index is 13.4. The quantitative estimate of drug-likeness (QED) is 0.498. The zero-order chi connectivity index (χ0) is 24.6. The lowest BCUT2D eigenvalue weighted by Gasteiger charge is -2.34. The van der Waals surface area contributed by atoms with Gasteiger partial charge in [0.1, 0.15) is 22.0 Å².